The number of para-hydroxylation sites is 1. The summed E-state index contributed by atoms with van der Waals surface area (Å²) in [5, 5.41) is 9.91. The highest BCUT2D eigenvalue weighted by Gasteiger charge is 2.19. The maximum Gasteiger partial charge on any atom is 0.340 e. The van der Waals surface area contributed by atoms with Crippen LogP contribution in [0, 0.1) is 6.92 Å². The van der Waals surface area contributed by atoms with Crippen LogP contribution < -0.4 is 4.74 Å². The van der Waals surface area contributed by atoms with Gasteiger partial charge in [-0.1, -0.05) is 18.2 Å². The Morgan fingerprint density at radius 1 is 1.41 bits per heavy atom. The van der Waals surface area contributed by atoms with Gasteiger partial charge in [0.2, 0.25) is 0 Å². The van der Waals surface area contributed by atoms with Crippen molar-refractivity contribution in [1.82, 2.24) is 4.98 Å². The third-order valence-corrected chi connectivity index (χ3v) is 2.52. The Morgan fingerprint density at radius 3 is 2.76 bits per heavy atom. The van der Waals surface area contributed by atoms with Crippen molar-refractivity contribution in [2.24, 2.45) is 0 Å². The Bertz CT molecular complexity index is 578. The second-order valence-electron chi connectivity index (χ2n) is 3.66. The highest BCUT2D eigenvalue weighted by molar-refractivity contribution is 6.05. The fourth-order valence-electron chi connectivity index (χ4n) is 1.85. The second kappa shape index (κ2) is 4.41. The number of ether oxygens (including phenoxy) is 1. The number of aromatic nitrogens is 1. The summed E-state index contributed by atoms with van der Waals surface area (Å²) in [4.78, 5) is 15.7. The molecule has 88 valence electrons. The zero-order valence-electron chi connectivity index (χ0n) is 9.73. The summed E-state index contributed by atoms with van der Waals surface area (Å²) < 4.78 is 5.39. The summed E-state index contributed by atoms with van der Waals surface area (Å²) in [6.45, 7) is 3.99. The lowest BCUT2D eigenvalue weighted by atomic mass is 10.1. The molecule has 1 heterocycles. The molecule has 0 radical (unpaired) electrons. The molecule has 0 aliphatic rings. The number of rotatable bonds is 3. The zero-order valence-corrected chi connectivity index (χ0v) is 9.73. The van der Waals surface area contributed by atoms with E-state index in [4.69, 9.17) is 4.74 Å². The molecule has 2 rings (SSSR count). The summed E-state index contributed by atoms with van der Waals surface area (Å²) >= 11 is 0. The quantitative estimate of drug-likeness (QED) is 0.882. The fourth-order valence-corrected chi connectivity index (χ4v) is 1.85. The molecule has 1 aromatic heterocycles. The van der Waals surface area contributed by atoms with Crippen LogP contribution in [0.4, 0.5) is 0 Å². The average Bonchev–Trinajstić information content (AvgIpc) is 2.29. The molecule has 0 saturated carbocycles. The Labute approximate surface area is 98.9 Å². The third-order valence-electron chi connectivity index (χ3n) is 2.52. The standard InChI is InChI=1S/C13H13NO3/c1-3-17-12-8(2)14-10-7-5-4-6-9(10)11(12)13(15)16/h4-7H,3H2,1-2H3,(H,15,16). The van der Waals surface area contributed by atoms with Crippen LogP contribution in [0.3, 0.4) is 0 Å². The van der Waals surface area contributed by atoms with E-state index in [0.717, 1.165) is 0 Å². The van der Waals surface area contributed by atoms with Crippen molar-refractivity contribution >= 4 is 16.9 Å². The predicted molar refractivity (Wildman–Crippen MR) is 64.6 cm³/mol. The van der Waals surface area contributed by atoms with Gasteiger partial charge in [0.15, 0.2) is 5.75 Å². The van der Waals surface area contributed by atoms with Gasteiger partial charge >= 0.3 is 5.97 Å². The number of pyridine rings is 1. The van der Waals surface area contributed by atoms with Crippen molar-refractivity contribution in [2.45, 2.75) is 13.8 Å². The summed E-state index contributed by atoms with van der Waals surface area (Å²) in [5.41, 5.74) is 1.46. The summed E-state index contributed by atoms with van der Waals surface area (Å²) in [6.07, 6.45) is 0. The minimum absolute atomic E-state index is 0.190. The molecule has 0 spiro atoms. The highest BCUT2D eigenvalue weighted by atomic mass is 16.5. The van der Waals surface area contributed by atoms with Crippen LogP contribution >= 0.6 is 0 Å². The molecule has 4 heteroatoms. The van der Waals surface area contributed by atoms with Gasteiger partial charge in [-0.25, -0.2) is 9.78 Å². The molecule has 0 amide bonds. The topological polar surface area (TPSA) is 59.4 Å². The molecule has 0 atom stereocenters. The SMILES string of the molecule is CCOc1c(C)nc2ccccc2c1C(=O)O. The van der Waals surface area contributed by atoms with Crippen LogP contribution in [0.25, 0.3) is 10.9 Å². The third kappa shape index (κ3) is 1.93. The highest BCUT2D eigenvalue weighted by Crippen LogP contribution is 2.29. The largest absolute Gasteiger partial charge is 0.491 e. The summed E-state index contributed by atoms with van der Waals surface area (Å²) in [5.74, 6) is -0.631. The monoisotopic (exact) mass is 231 g/mol. The lowest BCUT2D eigenvalue weighted by Gasteiger charge is -2.12. The first-order chi connectivity index (χ1) is 8.15. The number of nitrogens with zero attached hydrogens (tertiary/aromatic N) is 1. The van der Waals surface area contributed by atoms with E-state index in [1.807, 2.05) is 13.0 Å². The van der Waals surface area contributed by atoms with Gasteiger partial charge in [-0.3, -0.25) is 0 Å². The van der Waals surface area contributed by atoms with Crippen molar-refractivity contribution < 1.29 is 14.6 Å². The number of carboxylic acid groups (broad SMARTS) is 1. The fraction of sp³-hybridized carbons (Fsp3) is 0.231. The van der Waals surface area contributed by atoms with E-state index in [9.17, 15) is 9.90 Å². The first-order valence-electron chi connectivity index (χ1n) is 5.40. The van der Waals surface area contributed by atoms with E-state index >= 15 is 0 Å². The molecule has 0 saturated heterocycles. The van der Waals surface area contributed by atoms with E-state index in [1.54, 1.807) is 25.1 Å². The summed E-state index contributed by atoms with van der Waals surface area (Å²) in [7, 11) is 0. The Kier molecular flexibility index (Phi) is 2.95. The molecule has 1 N–H and O–H groups in total. The van der Waals surface area contributed by atoms with Gasteiger partial charge in [0.25, 0.3) is 0 Å². The van der Waals surface area contributed by atoms with Crippen LogP contribution in [-0.4, -0.2) is 22.7 Å². The van der Waals surface area contributed by atoms with E-state index in [2.05, 4.69) is 4.98 Å². The van der Waals surface area contributed by atoms with Gasteiger partial charge in [-0.05, 0) is 19.9 Å². The van der Waals surface area contributed by atoms with Gasteiger partial charge in [-0.2, -0.15) is 0 Å². The molecule has 0 aliphatic heterocycles. The molecule has 17 heavy (non-hydrogen) atoms. The minimum Gasteiger partial charge on any atom is -0.491 e. The smallest absolute Gasteiger partial charge is 0.340 e. The van der Waals surface area contributed by atoms with Gasteiger partial charge in [-0.15, -0.1) is 0 Å². The number of aromatic carboxylic acids is 1. The zero-order chi connectivity index (χ0) is 12.4. The maximum absolute atomic E-state index is 11.4. The number of benzene rings is 1. The molecule has 0 unspecified atom stereocenters. The van der Waals surface area contributed by atoms with Crippen molar-refractivity contribution in [2.75, 3.05) is 6.61 Å². The van der Waals surface area contributed by atoms with Crippen molar-refractivity contribution in [3.05, 3.63) is 35.5 Å². The normalized spacial score (nSPS) is 10.5. The Morgan fingerprint density at radius 2 is 2.12 bits per heavy atom. The van der Waals surface area contributed by atoms with Crippen molar-refractivity contribution in [3.8, 4) is 5.75 Å². The number of carbonyl (C=O) groups is 1. The summed E-state index contributed by atoms with van der Waals surface area (Å²) in [6, 6.07) is 7.17. The van der Waals surface area contributed by atoms with Gasteiger partial charge < -0.3 is 9.84 Å². The van der Waals surface area contributed by atoms with E-state index in [-0.39, 0.29) is 5.56 Å². The second-order valence-corrected chi connectivity index (χ2v) is 3.66. The maximum atomic E-state index is 11.4. The van der Waals surface area contributed by atoms with E-state index < -0.39 is 5.97 Å². The van der Waals surface area contributed by atoms with Crippen LogP contribution in [-0.2, 0) is 0 Å². The minimum atomic E-state index is -0.991. The number of hydrogen-bond acceptors (Lipinski definition) is 3. The molecule has 0 fully saturated rings. The molecular weight excluding hydrogens is 218 g/mol. The Hall–Kier alpha value is -2.10. The molecular formula is C13H13NO3. The molecule has 4 nitrogen and oxygen atoms in total. The molecule has 1 aromatic carbocycles. The molecule has 0 aliphatic carbocycles. The van der Waals surface area contributed by atoms with E-state index in [0.29, 0.717) is 29.0 Å². The van der Waals surface area contributed by atoms with Gasteiger partial charge in [0.1, 0.15) is 5.56 Å². The number of hydrogen-bond donors (Lipinski definition) is 1. The van der Waals surface area contributed by atoms with Crippen LogP contribution in [0.15, 0.2) is 24.3 Å². The van der Waals surface area contributed by atoms with Crippen LogP contribution in [0.5, 0.6) is 5.75 Å². The van der Waals surface area contributed by atoms with E-state index in [1.165, 1.54) is 0 Å². The number of fused-ring (bicyclic) bond motifs is 1. The molecule has 0 bridgehead atoms. The van der Waals surface area contributed by atoms with Crippen LogP contribution in [0.1, 0.15) is 23.0 Å². The lowest BCUT2D eigenvalue weighted by molar-refractivity contribution is 0.0694. The molecule has 2 aromatic rings. The number of carboxylic acids is 1. The first-order valence-corrected chi connectivity index (χ1v) is 5.40. The Balaban J connectivity index is 2.83. The lowest BCUT2D eigenvalue weighted by Crippen LogP contribution is -2.07. The number of aryl methyl sites for hydroxylation is 1. The van der Waals surface area contributed by atoms with Gasteiger partial charge in [0.05, 0.1) is 17.8 Å². The average molecular weight is 231 g/mol. The van der Waals surface area contributed by atoms with Crippen molar-refractivity contribution in [3.63, 3.8) is 0 Å². The van der Waals surface area contributed by atoms with Crippen LogP contribution in [0.2, 0.25) is 0 Å². The first kappa shape index (κ1) is 11.4. The van der Waals surface area contributed by atoms with Gasteiger partial charge in [0, 0.05) is 5.39 Å². The predicted octanol–water partition coefficient (Wildman–Crippen LogP) is 2.64. The van der Waals surface area contributed by atoms with Crippen molar-refractivity contribution in [1.29, 1.82) is 0 Å².